The van der Waals surface area contributed by atoms with Gasteiger partial charge in [0.1, 0.15) is 5.75 Å². The quantitative estimate of drug-likeness (QED) is 0.386. The number of likely N-dealkylation sites (tertiary alicyclic amines) is 1. The average molecular weight is 486 g/mol. The van der Waals surface area contributed by atoms with Gasteiger partial charge in [-0.15, -0.1) is 0 Å². The van der Waals surface area contributed by atoms with Crippen LogP contribution in [0.15, 0.2) is 72.8 Å². The molecule has 0 N–H and O–H groups in total. The van der Waals surface area contributed by atoms with Crippen LogP contribution in [0.25, 0.3) is 0 Å². The second kappa shape index (κ2) is 12.3. The fraction of sp³-hybridized carbons (Fsp3) is 0.419. The Hall–Kier alpha value is -3.02. The SMILES string of the molecule is COc1cccc(CN(Cc2ccc(N3CCOCC3)cc2)c2cccc(CN3CCCCC3)c2)c1. The van der Waals surface area contributed by atoms with E-state index in [1.165, 1.54) is 60.4 Å². The molecule has 0 bridgehead atoms. The van der Waals surface area contributed by atoms with Gasteiger partial charge < -0.3 is 19.3 Å². The molecule has 190 valence electrons. The number of hydrogen-bond acceptors (Lipinski definition) is 5. The maximum absolute atomic E-state index is 5.52. The van der Waals surface area contributed by atoms with Gasteiger partial charge in [0.2, 0.25) is 0 Å². The summed E-state index contributed by atoms with van der Waals surface area (Å²) in [6, 6.07) is 26.6. The van der Waals surface area contributed by atoms with Crippen molar-refractivity contribution < 1.29 is 9.47 Å². The van der Waals surface area contributed by atoms with Gasteiger partial charge in [-0.05, 0) is 79.0 Å². The molecule has 36 heavy (non-hydrogen) atoms. The van der Waals surface area contributed by atoms with Gasteiger partial charge in [0.15, 0.2) is 0 Å². The summed E-state index contributed by atoms with van der Waals surface area (Å²) in [5.74, 6) is 0.904. The summed E-state index contributed by atoms with van der Waals surface area (Å²) < 4.78 is 11.0. The number of rotatable bonds is 9. The standard InChI is InChI=1S/C31H39N3O2/c1-35-31-10-6-8-28(22-31)25-34(24-26-11-13-29(14-12-26)33-17-19-36-20-18-33)30-9-5-7-27(21-30)23-32-15-3-2-4-16-32/h5-14,21-22H,2-4,15-20,23-25H2,1H3. The van der Waals surface area contributed by atoms with Gasteiger partial charge in [-0.1, -0.05) is 42.8 Å². The third kappa shape index (κ3) is 6.59. The first-order valence-corrected chi connectivity index (χ1v) is 13.4. The van der Waals surface area contributed by atoms with Crippen molar-refractivity contribution >= 4 is 11.4 Å². The van der Waals surface area contributed by atoms with E-state index in [9.17, 15) is 0 Å². The highest BCUT2D eigenvalue weighted by atomic mass is 16.5. The van der Waals surface area contributed by atoms with E-state index >= 15 is 0 Å². The third-order valence-electron chi connectivity index (χ3n) is 7.32. The lowest BCUT2D eigenvalue weighted by Crippen LogP contribution is -2.36. The molecule has 2 heterocycles. The molecule has 2 aliphatic heterocycles. The average Bonchev–Trinajstić information content (AvgIpc) is 2.94. The van der Waals surface area contributed by atoms with E-state index in [2.05, 4.69) is 81.4 Å². The number of piperidine rings is 1. The lowest BCUT2D eigenvalue weighted by molar-refractivity contribution is 0.122. The fourth-order valence-corrected chi connectivity index (χ4v) is 5.31. The number of nitrogens with zero attached hydrogens (tertiary/aromatic N) is 3. The Labute approximate surface area is 216 Å². The lowest BCUT2D eigenvalue weighted by Gasteiger charge is -2.30. The molecule has 5 heteroatoms. The van der Waals surface area contributed by atoms with Crippen LogP contribution in [-0.2, 0) is 24.4 Å². The van der Waals surface area contributed by atoms with E-state index in [4.69, 9.17) is 9.47 Å². The molecule has 2 saturated heterocycles. The molecule has 0 aliphatic carbocycles. The molecule has 2 aliphatic rings. The minimum atomic E-state index is 0.809. The van der Waals surface area contributed by atoms with E-state index in [-0.39, 0.29) is 0 Å². The molecule has 0 amide bonds. The Bertz CT molecular complexity index is 1090. The maximum atomic E-state index is 5.52. The molecule has 0 radical (unpaired) electrons. The second-order valence-corrected chi connectivity index (χ2v) is 9.98. The topological polar surface area (TPSA) is 28.2 Å². The molecular formula is C31H39N3O2. The largest absolute Gasteiger partial charge is 0.497 e. The molecule has 2 fully saturated rings. The van der Waals surface area contributed by atoms with Crippen molar-refractivity contribution in [1.29, 1.82) is 0 Å². The van der Waals surface area contributed by atoms with E-state index < -0.39 is 0 Å². The van der Waals surface area contributed by atoms with Crippen molar-refractivity contribution in [3.05, 3.63) is 89.5 Å². The van der Waals surface area contributed by atoms with E-state index in [0.29, 0.717) is 0 Å². The minimum absolute atomic E-state index is 0.809. The Morgan fingerprint density at radius 2 is 1.47 bits per heavy atom. The Morgan fingerprint density at radius 1 is 0.750 bits per heavy atom. The highest BCUT2D eigenvalue weighted by molar-refractivity contribution is 5.52. The first-order chi connectivity index (χ1) is 17.8. The molecule has 3 aromatic carbocycles. The van der Waals surface area contributed by atoms with Crippen molar-refractivity contribution in [3.8, 4) is 5.75 Å². The maximum Gasteiger partial charge on any atom is 0.119 e. The predicted octanol–water partition coefficient (Wildman–Crippen LogP) is 5.72. The van der Waals surface area contributed by atoms with Crippen molar-refractivity contribution in [2.45, 2.75) is 38.9 Å². The predicted molar refractivity (Wildman–Crippen MR) is 148 cm³/mol. The number of anilines is 2. The van der Waals surface area contributed by atoms with E-state index in [0.717, 1.165) is 51.7 Å². The molecule has 0 atom stereocenters. The van der Waals surface area contributed by atoms with Gasteiger partial charge in [0, 0.05) is 44.1 Å². The molecule has 0 spiro atoms. The summed E-state index contributed by atoms with van der Waals surface area (Å²) in [6.07, 6.45) is 4.01. The molecule has 5 rings (SSSR count). The summed E-state index contributed by atoms with van der Waals surface area (Å²) in [4.78, 5) is 7.49. The summed E-state index contributed by atoms with van der Waals surface area (Å²) in [5, 5.41) is 0. The number of morpholine rings is 1. The monoisotopic (exact) mass is 485 g/mol. The molecular weight excluding hydrogens is 446 g/mol. The Kier molecular flexibility index (Phi) is 8.42. The van der Waals surface area contributed by atoms with E-state index in [1.807, 2.05) is 6.07 Å². The molecule has 5 nitrogen and oxygen atoms in total. The van der Waals surface area contributed by atoms with Crippen molar-refractivity contribution in [2.75, 3.05) is 56.3 Å². The summed E-state index contributed by atoms with van der Waals surface area (Å²) in [6.45, 7) is 8.70. The summed E-state index contributed by atoms with van der Waals surface area (Å²) in [7, 11) is 1.73. The zero-order chi connectivity index (χ0) is 24.6. The first-order valence-electron chi connectivity index (χ1n) is 13.4. The highest BCUT2D eigenvalue weighted by Gasteiger charge is 2.15. The normalized spacial score (nSPS) is 16.6. The van der Waals surface area contributed by atoms with Crippen LogP contribution in [0.4, 0.5) is 11.4 Å². The zero-order valence-corrected chi connectivity index (χ0v) is 21.6. The lowest BCUT2D eigenvalue weighted by atomic mass is 10.1. The second-order valence-electron chi connectivity index (χ2n) is 9.98. The summed E-state index contributed by atoms with van der Waals surface area (Å²) >= 11 is 0. The van der Waals surface area contributed by atoms with Crippen molar-refractivity contribution in [3.63, 3.8) is 0 Å². The van der Waals surface area contributed by atoms with Crippen molar-refractivity contribution in [2.24, 2.45) is 0 Å². The Balaban J connectivity index is 1.36. The molecule has 0 aromatic heterocycles. The molecule has 3 aromatic rings. The molecule has 0 saturated carbocycles. The number of methoxy groups -OCH3 is 1. The van der Waals surface area contributed by atoms with Crippen LogP contribution in [-0.4, -0.2) is 51.4 Å². The number of ether oxygens (including phenoxy) is 2. The molecule has 0 unspecified atom stereocenters. The van der Waals surface area contributed by atoms with Gasteiger partial charge in [-0.25, -0.2) is 0 Å². The van der Waals surface area contributed by atoms with Crippen LogP contribution in [0.2, 0.25) is 0 Å². The fourth-order valence-electron chi connectivity index (χ4n) is 5.31. The highest BCUT2D eigenvalue weighted by Crippen LogP contribution is 2.25. The van der Waals surface area contributed by atoms with Crippen LogP contribution in [0.3, 0.4) is 0 Å². The van der Waals surface area contributed by atoms with Gasteiger partial charge in [-0.2, -0.15) is 0 Å². The van der Waals surface area contributed by atoms with Crippen LogP contribution in [0, 0.1) is 0 Å². The number of benzene rings is 3. The van der Waals surface area contributed by atoms with Gasteiger partial charge in [-0.3, -0.25) is 4.90 Å². The van der Waals surface area contributed by atoms with Crippen LogP contribution >= 0.6 is 0 Å². The summed E-state index contributed by atoms with van der Waals surface area (Å²) in [5.41, 5.74) is 6.51. The van der Waals surface area contributed by atoms with Crippen LogP contribution in [0.5, 0.6) is 5.75 Å². The van der Waals surface area contributed by atoms with Gasteiger partial charge in [0.05, 0.1) is 20.3 Å². The minimum Gasteiger partial charge on any atom is -0.497 e. The zero-order valence-electron chi connectivity index (χ0n) is 21.6. The third-order valence-corrected chi connectivity index (χ3v) is 7.32. The van der Waals surface area contributed by atoms with Gasteiger partial charge in [0.25, 0.3) is 0 Å². The van der Waals surface area contributed by atoms with Gasteiger partial charge >= 0.3 is 0 Å². The Morgan fingerprint density at radius 3 is 2.25 bits per heavy atom. The van der Waals surface area contributed by atoms with Crippen molar-refractivity contribution in [1.82, 2.24) is 4.90 Å². The van der Waals surface area contributed by atoms with Crippen LogP contribution < -0.4 is 14.5 Å². The van der Waals surface area contributed by atoms with E-state index in [1.54, 1.807) is 7.11 Å². The smallest absolute Gasteiger partial charge is 0.119 e. The number of hydrogen-bond donors (Lipinski definition) is 0. The first kappa shape index (κ1) is 24.7. The van der Waals surface area contributed by atoms with Crippen LogP contribution in [0.1, 0.15) is 36.0 Å².